The maximum atomic E-state index is 5.96. The van der Waals surface area contributed by atoms with E-state index < -0.39 is 0 Å². The third-order valence-corrected chi connectivity index (χ3v) is 4.22. The summed E-state index contributed by atoms with van der Waals surface area (Å²) in [6.45, 7) is 7.57. The molecular weight excluding hydrogens is 304 g/mol. The molecule has 3 nitrogen and oxygen atoms in total. The Labute approximate surface area is 122 Å². The van der Waals surface area contributed by atoms with Gasteiger partial charge < -0.3 is 4.74 Å². The van der Waals surface area contributed by atoms with Crippen LogP contribution in [0.25, 0.3) is 0 Å². The summed E-state index contributed by atoms with van der Waals surface area (Å²) in [6, 6.07) is 10.3. The summed E-state index contributed by atoms with van der Waals surface area (Å²) < 4.78 is 8.99. The summed E-state index contributed by atoms with van der Waals surface area (Å²) in [4.78, 5) is 0. The molecule has 102 valence electrons. The van der Waals surface area contributed by atoms with Crippen molar-refractivity contribution in [2.45, 2.75) is 40.0 Å². The normalized spacial score (nSPS) is 12.6. The molecule has 4 heteroatoms. The molecule has 0 aliphatic carbocycles. The Balaban J connectivity index is 2.07. The van der Waals surface area contributed by atoms with E-state index in [4.69, 9.17) is 4.74 Å². The van der Waals surface area contributed by atoms with Gasteiger partial charge in [-0.15, -0.1) is 0 Å². The van der Waals surface area contributed by atoms with Crippen LogP contribution in [-0.2, 0) is 17.9 Å². The summed E-state index contributed by atoms with van der Waals surface area (Å²) in [5, 5.41) is 4.47. The van der Waals surface area contributed by atoms with E-state index >= 15 is 0 Å². The number of halogens is 1. The second kappa shape index (κ2) is 6.35. The quantitative estimate of drug-likeness (QED) is 0.822. The van der Waals surface area contributed by atoms with Gasteiger partial charge in [-0.1, -0.05) is 30.3 Å². The van der Waals surface area contributed by atoms with Gasteiger partial charge in [0.1, 0.15) is 0 Å². The first kappa shape index (κ1) is 14.3. The molecule has 0 spiro atoms. The molecule has 1 aromatic carbocycles. The lowest BCUT2D eigenvalue weighted by atomic mass is 10.1. The predicted molar refractivity (Wildman–Crippen MR) is 80.0 cm³/mol. The van der Waals surface area contributed by atoms with Gasteiger partial charge in [-0.2, -0.15) is 5.10 Å². The summed E-state index contributed by atoms with van der Waals surface area (Å²) in [7, 11) is 0. The van der Waals surface area contributed by atoms with Gasteiger partial charge in [0.2, 0.25) is 0 Å². The Morgan fingerprint density at radius 2 is 2.00 bits per heavy atom. The van der Waals surface area contributed by atoms with Crippen LogP contribution in [0.15, 0.2) is 34.8 Å². The average molecular weight is 323 g/mol. The van der Waals surface area contributed by atoms with Crippen molar-refractivity contribution in [3.05, 3.63) is 51.8 Å². The van der Waals surface area contributed by atoms with E-state index in [1.54, 1.807) is 0 Å². The van der Waals surface area contributed by atoms with Crippen molar-refractivity contribution in [3.8, 4) is 0 Å². The van der Waals surface area contributed by atoms with Crippen LogP contribution in [0.1, 0.15) is 36.9 Å². The Bertz CT molecular complexity index is 537. The molecule has 0 radical (unpaired) electrons. The lowest BCUT2D eigenvalue weighted by molar-refractivity contribution is 0.0479. The maximum absolute atomic E-state index is 5.96. The number of hydrogen-bond donors (Lipinski definition) is 0. The van der Waals surface area contributed by atoms with E-state index in [2.05, 4.69) is 47.0 Å². The SMILES string of the molecule is CCn1nc(C)c(Br)c1COC(C)c1ccccc1. The molecule has 0 aliphatic heterocycles. The van der Waals surface area contributed by atoms with E-state index in [1.165, 1.54) is 5.56 Å². The van der Waals surface area contributed by atoms with Crippen molar-refractivity contribution in [2.75, 3.05) is 0 Å². The van der Waals surface area contributed by atoms with Crippen LogP contribution in [0.5, 0.6) is 0 Å². The van der Waals surface area contributed by atoms with Gasteiger partial charge in [-0.05, 0) is 42.3 Å². The molecule has 19 heavy (non-hydrogen) atoms. The summed E-state index contributed by atoms with van der Waals surface area (Å²) in [5.41, 5.74) is 3.30. The summed E-state index contributed by atoms with van der Waals surface area (Å²) in [6.07, 6.45) is 0.0774. The first-order valence-corrected chi connectivity index (χ1v) is 7.31. The zero-order chi connectivity index (χ0) is 13.8. The smallest absolute Gasteiger partial charge is 0.0904 e. The third-order valence-electron chi connectivity index (χ3n) is 3.19. The topological polar surface area (TPSA) is 27.1 Å². The maximum Gasteiger partial charge on any atom is 0.0904 e. The summed E-state index contributed by atoms with van der Waals surface area (Å²) >= 11 is 3.58. The van der Waals surface area contributed by atoms with Crippen molar-refractivity contribution in [2.24, 2.45) is 0 Å². The largest absolute Gasteiger partial charge is 0.368 e. The van der Waals surface area contributed by atoms with Gasteiger partial charge in [-0.25, -0.2) is 0 Å². The highest BCUT2D eigenvalue weighted by atomic mass is 79.9. The molecule has 0 N–H and O–H groups in total. The fourth-order valence-electron chi connectivity index (χ4n) is 2.03. The van der Waals surface area contributed by atoms with Gasteiger partial charge in [0.05, 0.1) is 28.6 Å². The van der Waals surface area contributed by atoms with E-state index in [0.717, 1.165) is 22.4 Å². The molecule has 0 saturated heterocycles. The molecule has 1 heterocycles. The minimum absolute atomic E-state index is 0.0774. The molecule has 2 rings (SSSR count). The highest BCUT2D eigenvalue weighted by Crippen LogP contribution is 2.24. The molecular formula is C15H19BrN2O. The molecule has 1 atom stereocenters. The van der Waals surface area contributed by atoms with E-state index in [0.29, 0.717) is 6.61 Å². The predicted octanol–water partition coefficient (Wildman–Crippen LogP) is 4.25. The third kappa shape index (κ3) is 3.25. The Kier molecular flexibility index (Phi) is 4.77. The Morgan fingerprint density at radius 3 is 2.63 bits per heavy atom. The van der Waals surface area contributed by atoms with Gasteiger partial charge in [-0.3, -0.25) is 4.68 Å². The number of ether oxygens (including phenoxy) is 1. The molecule has 0 fully saturated rings. The van der Waals surface area contributed by atoms with Gasteiger partial charge in [0.25, 0.3) is 0 Å². The Hall–Kier alpha value is -1.13. The molecule has 2 aromatic rings. The van der Waals surface area contributed by atoms with Crippen LogP contribution in [0.4, 0.5) is 0 Å². The standard InChI is InChI=1S/C15H19BrN2O/c1-4-18-14(15(16)11(2)17-18)10-19-12(3)13-8-6-5-7-9-13/h5-9,12H,4,10H2,1-3H3. The minimum atomic E-state index is 0.0774. The van der Waals surface area contributed by atoms with E-state index in [1.807, 2.05) is 29.8 Å². The van der Waals surface area contributed by atoms with Crippen molar-refractivity contribution in [3.63, 3.8) is 0 Å². The second-order valence-corrected chi connectivity index (χ2v) is 5.32. The number of aryl methyl sites for hydroxylation is 2. The van der Waals surface area contributed by atoms with Crippen LogP contribution in [0.3, 0.4) is 0 Å². The molecule has 0 bridgehead atoms. The average Bonchev–Trinajstić information content (AvgIpc) is 2.72. The lowest BCUT2D eigenvalue weighted by Crippen LogP contribution is -2.07. The molecule has 1 unspecified atom stereocenters. The van der Waals surface area contributed by atoms with Gasteiger partial charge in [0, 0.05) is 6.54 Å². The number of hydrogen-bond acceptors (Lipinski definition) is 2. The lowest BCUT2D eigenvalue weighted by Gasteiger charge is -2.14. The molecule has 0 aliphatic rings. The number of nitrogens with zero attached hydrogens (tertiary/aromatic N) is 2. The fourth-order valence-corrected chi connectivity index (χ4v) is 2.43. The van der Waals surface area contributed by atoms with E-state index in [-0.39, 0.29) is 6.10 Å². The van der Waals surface area contributed by atoms with E-state index in [9.17, 15) is 0 Å². The summed E-state index contributed by atoms with van der Waals surface area (Å²) in [5.74, 6) is 0. The first-order chi connectivity index (χ1) is 9.13. The van der Waals surface area contributed by atoms with Crippen LogP contribution >= 0.6 is 15.9 Å². The zero-order valence-corrected chi connectivity index (χ0v) is 13.1. The number of aromatic nitrogens is 2. The minimum Gasteiger partial charge on any atom is -0.368 e. The highest BCUT2D eigenvalue weighted by Gasteiger charge is 2.14. The second-order valence-electron chi connectivity index (χ2n) is 4.53. The van der Waals surface area contributed by atoms with Crippen molar-refractivity contribution in [1.82, 2.24) is 9.78 Å². The van der Waals surface area contributed by atoms with Crippen molar-refractivity contribution >= 4 is 15.9 Å². The molecule has 0 saturated carbocycles. The molecule has 0 amide bonds. The van der Waals surface area contributed by atoms with Crippen LogP contribution in [-0.4, -0.2) is 9.78 Å². The van der Waals surface area contributed by atoms with Crippen molar-refractivity contribution < 1.29 is 4.74 Å². The van der Waals surface area contributed by atoms with Crippen LogP contribution in [0.2, 0.25) is 0 Å². The van der Waals surface area contributed by atoms with Gasteiger partial charge in [0.15, 0.2) is 0 Å². The van der Waals surface area contributed by atoms with Crippen molar-refractivity contribution in [1.29, 1.82) is 0 Å². The van der Waals surface area contributed by atoms with Gasteiger partial charge >= 0.3 is 0 Å². The number of benzene rings is 1. The number of rotatable bonds is 5. The first-order valence-electron chi connectivity index (χ1n) is 6.51. The fraction of sp³-hybridized carbons (Fsp3) is 0.400. The zero-order valence-electron chi connectivity index (χ0n) is 11.6. The molecule has 1 aromatic heterocycles. The van der Waals surface area contributed by atoms with Crippen LogP contribution < -0.4 is 0 Å². The highest BCUT2D eigenvalue weighted by molar-refractivity contribution is 9.10. The monoisotopic (exact) mass is 322 g/mol. The van der Waals surface area contributed by atoms with Crippen LogP contribution in [0, 0.1) is 6.92 Å². The Morgan fingerprint density at radius 1 is 1.32 bits per heavy atom.